The first-order chi connectivity index (χ1) is 7.38. The number of nitrogens with zero attached hydrogens (tertiary/aromatic N) is 2. The zero-order chi connectivity index (χ0) is 10.3. The summed E-state index contributed by atoms with van der Waals surface area (Å²) >= 11 is 1.61. The molecule has 2 aromatic rings. The quantitative estimate of drug-likeness (QED) is 0.742. The number of hydrogen-bond donors (Lipinski definition) is 0. The van der Waals surface area contributed by atoms with Crippen LogP contribution in [0.15, 0.2) is 18.6 Å². The maximum atomic E-state index is 11.0. The number of thiazole rings is 1. The van der Waals surface area contributed by atoms with E-state index in [9.17, 15) is 4.79 Å². The Hall–Kier alpha value is -1.42. The van der Waals surface area contributed by atoms with E-state index in [1.807, 2.05) is 4.40 Å². The van der Waals surface area contributed by atoms with Crippen LogP contribution in [0, 0.1) is 5.92 Å². The molecule has 3 rings (SSSR count). The molecule has 0 radical (unpaired) electrons. The van der Waals surface area contributed by atoms with E-state index >= 15 is 0 Å². The lowest BCUT2D eigenvalue weighted by molar-refractivity contribution is 0.111. The summed E-state index contributed by atoms with van der Waals surface area (Å²) in [5.74, 6) is 0.740. The van der Waals surface area contributed by atoms with Crippen LogP contribution in [0.3, 0.4) is 0 Å². The minimum absolute atomic E-state index is 0.712. The molecule has 0 spiro atoms. The number of allylic oxidation sites excluding steroid dienone is 1. The fourth-order valence-electron chi connectivity index (χ4n) is 1.57. The van der Waals surface area contributed by atoms with Crippen LogP contribution in [-0.2, 0) is 0 Å². The molecule has 2 heterocycles. The Morgan fingerprint density at radius 2 is 2.40 bits per heavy atom. The summed E-state index contributed by atoms with van der Waals surface area (Å²) in [7, 11) is 0. The first-order valence-electron chi connectivity index (χ1n) is 4.96. The van der Waals surface area contributed by atoms with Crippen molar-refractivity contribution in [3.63, 3.8) is 0 Å². The Morgan fingerprint density at radius 1 is 1.53 bits per heavy atom. The van der Waals surface area contributed by atoms with Gasteiger partial charge in [-0.1, -0.05) is 6.08 Å². The molecule has 0 N–H and O–H groups in total. The van der Waals surface area contributed by atoms with E-state index < -0.39 is 0 Å². The molecular formula is C11H10N2OS. The van der Waals surface area contributed by atoms with Crippen molar-refractivity contribution in [3.8, 4) is 0 Å². The number of hydrogen-bond acceptors (Lipinski definition) is 3. The normalized spacial score (nSPS) is 16.5. The highest BCUT2D eigenvalue weighted by Crippen LogP contribution is 2.32. The fraction of sp³-hybridized carbons (Fsp3) is 0.273. The van der Waals surface area contributed by atoms with Crippen LogP contribution in [0.1, 0.15) is 28.2 Å². The van der Waals surface area contributed by atoms with E-state index in [0.717, 1.165) is 21.9 Å². The van der Waals surface area contributed by atoms with Gasteiger partial charge in [-0.25, -0.2) is 4.98 Å². The Morgan fingerprint density at radius 3 is 3.13 bits per heavy atom. The Bertz CT molecular complexity index is 534. The number of carbonyl (C=O) groups is 1. The molecule has 1 saturated carbocycles. The van der Waals surface area contributed by atoms with Gasteiger partial charge in [0.25, 0.3) is 0 Å². The molecule has 1 aliphatic rings. The van der Waals surface area contributed by atoms with Crippen LogP contribution in [0.5, 0.6) is 0 Å². The first-order valence-corrected chi connectivity index (χ1v) is 5.78. The summed E-state index contributed by atoms with van der Waals surface area (Å²) in [6.07, 6.45) is 11.2. The molecule has 1 aliphatic carbocycles. The summed E-state index contributed by atoms with van der Waals surface area (Å²) in [5.41, 5.74) is 0.712. The average Bonchev–Trinajstić information content (AvgIpc) is 2.85. The summed E-state index contributed by atoms with van der Waals surface area (Å²) in [4.78, 5) is 17.1. The monoisotopic (exact) mass is 218 g/mol. The lowest BCUT2D eigenvalue weighted by atomic mass is 10.3. The summed E-state index contributed by atoms with van der Waals surface area (Å²) in [6.45, 7) is 0. The predicted molar refractivity (Wildman–Crippen MR) is 60.2 cm³/mol. The second kappa shape index (κ2) is 3.31. The molecule has 0 atom stereocenters. The van der Waals surface area contributed by atoms with Crippen LogP contribution < -0.4 is 0 Å². The van der Waals surface area contributed by atoms with Crippen molar-refractivity contribution in [1.82, 2.24) is 9.38 Å². The SMILES string of the molecule is O=Cc1c(/C=C/C2CC2)sc2cncn12. The van der Waals surface area contributed by atoms with Crippen molar-refractivity contribution in [1.29, 1.82) is 0 Å². The minimum Gasteiger partial charge on any atom is -0.296 e. The number of imidazole rings is 1. The second-order valence-electron chi connectivity index (χ2n) is 3.77. The number of aldehydes is 1. The Labute approximate surface area is 91.1 Å². The highest BCUT2D eigenvalue weighted by Gasteiger charge is 2.18. The minimum atomic E-state index is 0.712. The van der Waals surface area contributed by atoms with E-state index in [-0.39, 0.29) is 0 Å². The average molecular weight is 218 g/mol. The Kier molecular flexibility index (Phi) is 1.95. The molecule has 3 nitrogen and oxygen atoms in total. The third-order valence-corrected chi connectivity index (χ3v) is 3.66. The molecule has 2 aromatic heterocycles. The van der Waals surface area contributed by atoms with E-state index in [2.05, 4.69) is 17.1 Å². The zero-order valence-corrected chi connectivity index (χ0v) is 8.91. The maximum absolute atomic E-state index is 11.0. The van der Waals surface area contributed by atoms with E-state index in [1.165, 1.54) is 12.8 Å². The second-order valence-corrected chi connectivity index (χ2v) is 4.83. The van der Waals surface area contributed by atoms with Crippen molar-refractivity contribution in [3.05, 3.63) is 29.2 Å². The van der Waals surface area contributed by atoms with Crippen LogP contribution in [0.25, 0.3) is 10.9 Å². The fourth-order valence-corrected chi connectivity index (χ4v) is 2.55. The lowest BCUT2D eigenvalue weighted by Gasteiger charge is -1.89. The van der Waals surface area contributed by atoms with Gasteiger partial charge in [-0.3, -0.25) is 9.20 Å². The van der Waals surface area contributed by atoms with Gasteiger partial charge in [0.1, 0.15) is 16.9 Å². The van der Waals surface area contributed by atoms with Crippen LogP contribution in [-0.4, -0.2) is 15.7 Å². The molecule has 0 saturated heterocycles. The van der Waals surface area contributed by atoms with Gasteiger partial charge >= 0.3 is 0 Å². The first kappa shape index (κ1) is 8.85. The highest BCUT2D eigenvalue weighted by atomic mass is 32.1. The largest absolute Gasteiger partial charge is 0.296 e. The molecule has 1 fully saturated rings. The number of fused-ring (bicyclic) bond motifs is 1. The van der Waals surface area contributed by atoms with Gasteiger partial charge in [-0.05, 0) is 24.8 Å². The number of carbonyl (C=O) groups excluding carboxylic acids is 1. The third-order valence-electron chi connectivity index (χ3n) is 2.58. The molecule has 4 heteroatoms. The van der Waals surface area contributed by atoms with Crippen molar-refractivity contribution >= 4 is 28.5 Å². The van der Waals surface area contributed by atoms with E-state index in [4.69, 9.17) is 0 Å². The topological polar surface area (TPSA) is 34.4 Å². The molecule has 76 valence electrons. The number of aromatic nitrogens is 2. The maximum Gasteiger partial charge on any atom is 0.168 e. The zero-order valence-electron chi connectivity index (χ0n) is 8.09. The highest BCUT2D eigenvalue weighted by molar-refractivity contribution is 7.18. The van der Waals surface area contributed by atoms with Gasteiger partial charge in [0.15, 0.2) is 6.29 Å². The van der Waals surface area contributed by atoms with Crippen molar-refractivity contribution in [2.45, 2.75) is 12.8 Å². The van der Waals surface area contributed by atoms with Gasteiger partial charge in [-0.2, -0.15) is 0 Å². The van der Waals surface area contributed by atoms with Crippen molar-refractivity contribution in [2.75, 3.05) is 0 Å². The summed E-state index contributed by atoms with van der Waals surface area (Å²) in [6, 6.07) is 0. The molecule has 15 heavy (non-hydrogen) atoms. The molecule has 0 aliphatic heterocycles. The molecule has 0 unspecified atom stereocenters. The Balaban J connectivity index is 2.07. The molecule has 0 bridgehead atoms. The van der Waals surface area contributed by atoms with Gasteiger partial charge < -0.3 is 0 Å². The van der Waals surface area contributed by atoms with Crippen LogP contribution in [0.2, 0.25) is 0 Å². The standard InChI is InChI=1S/C11H10N2OS/c14-6-9-10(4-3-8-1-2-8)15-11-5-12-7-13(9)11/h3-8H,1-2H2/b4-3+. The van der Waals surface area contributed by atoms with Gasteiger partial charge in [0, 0.05) is 0 Å². The molecule has 0 amide bonds. The van der Waals surface area contributed by atoms with E-state index in [0.29, 0.717) is 5.69 Å². The summed E-state index contributed by atoms with van der Waals surface area (Å²) in [5, 5.41) is 0. The van der Waals surface area contributed by atoms with Crippen molar-refractivity contribution < 1.29 is 4.79 Å². The lowest BCUT2D eigenvalue weighted by Crippen LogP contribution is -1.88. The smallest absolute Gasteiger partial charge is 0.168 e. The van der Waals surface area contributed by atoms with Crippen LogP contribution >= 0.6 is 11.3 Å². The van der Waals surface area contributed by atoms with E-state index in [1.54, 1.807) is 23.9 Å². The van der Waals surface area contributed by atoms with Gasteiger partial charge in [0.2, 0.25) is 0 Å². The van der Waals surface area contributed by atoms with Crippen LogP contribution in [0.4, 0.5) is 0 Å². The molecule has 0 aromatic carbocycles. The third kappa shape index (κ3) is 1.51. The molecular weight excluding hydrogens is 208 g/mol. The summed E-state index contributed by atoms with van der Waals surface area (Å²) < 4.78 is 1.84. The van der Waals surface area contributed by atoms with Crippen molar-refractivity contribution in [2.24, 2.45) is 5.92 Å². The number of rotatable bonds is 3. The van der Waals surface area contributed by atoms with Gasteiger partial charge in [-0.15, -0.1) is 11.3 Å². The predicted octanol–water partition coefficient (Wildman–Crippen LogP) is 2.63. The van der Waals surface area contributed by atoms with Gasteiger partial charge in [0.05, 0.1) is 11.1 Å².